The number of rotatable bonds is 5. The van der Waals surface area contributed by atoms with Crippen LogP contribution < -0.4 is 5.32 Å². The minimum atomic E-state index is -0.355. The predicted molar refractivity (Wildman–Crippen MR) is 104 cm³/mol. The van der Waals surface area contributed by atoms with E-state index in [0.717, 1.165) is 10.4 Å². The number of aromatic nitrogens is 5. The molecule has 0 radical (unpaired) electrons. The first-order valence-corrected chi connectivity index (χ1v) is 9.22. The fraction of sp³-hybridized carbons (Fsp3) is 0.105. The standard InChI is InChI=1S/C19H16N6OS/c1-13(14-5-2-7-20-12-14)19(26)23-16-11-17(25-9-4-8-21-25)24-18(22-16)15-6-3-10-27-15/h2-13H,1H3,(H,22,23,24,26). The third-order valence-corrected chi connectivity index (χ3v) is 4.89. The van der Waals surface area contributed by atoms with Gasteiger partial charge in [-0.25, -0.2) is 14.6 Å². The highest BCUT2D eigenvalue weighted by Gasteiger charge is 2.17. The second-order valence-corrected chi connectivity index (χ2v) is 6.81. The van der Waals surface area contributed by atoms with Crippen molar-refractivity contribution in [2.24, 2.45) is 0 Å². The molecule has 4 rings (SSSR count). The highest BCUT2D eigenvalue weighted by atomic mass is 32.1. The van der Waals surface area contributed by atoms with E-state index in [1.54, 1.807) is 35.5 Å². The lowest BCUT2D eigenvalue weighted by Gasteiger charge is -2.13. The molecule has 1 atom stereocenters. The molecule has 1 unspecified atom stereocenters. The van der Waals surface area contributed by atoms with Gasteiger partial charge in [0.2, 0.25) is 5.91 Å². The quantitative estimate of drug-likeness (QED) is 0.576. The summed E-state index contributed by atoms with van der Waals surface area (Å²) in [6.07, 6.45) is 6.85. The molecule has 0 aliphatic carbocycles. The van der Waals surface area contributed by atoms with Crippen molar-refractivity contribution < 1.29 is 4.79 Å². The van der Waals surface area contributed by atoms with Crippen LogP contribution in [0.25, 0.3) is 16.5 Å². The number of nitrogens with one attached hydrogen (secondary N) is 1. The van der Waals surface area contributed by atoms with Gasteiger partial charge in [0.1, 0.15) is 5.82 Å². The number of hydrogen-bond donors (Lipinski definition) is 1. The highest BCUT2D eigenvalue weighted by molar-refractivity contribution is 7.13. The van der Waals surface area contributed by atoms with Crippen molar-refractivity contribution in [2.75, 3.05) is 5.32 Å². The van der Waals surface area contributed by atoms with Crippen LogP contribution in [0.15, 0.2) is 66.6 Å². The Kier molecular flexibility index (Phi) is 4.71. The average Bonchev–Trinajstić information content (AvgIpc) is 3.41. The molecule has 0 saturated carbocycles. The Morgan fingerprint density at radius 3 is 2.81 bits per heavy atom. The van der Waals surface area contributed by atoms with Gasteiger partial charge in [-0.3, -0.25) is 9.78 Å². The molecule has 27 heavy (non-hydrogen) atoms. The van der Waals surface area contributed by atoms with Crippen LogP contribution in [0, 0.1) is 0 Å². The Hall–Kier alpha value is -3.39. The molecule has 4 aromatic rings. The lowest BCUT2D eigenvalue weighted by molar-refractivity contribution is -0.117. The van der Waals surface area contributed by atoms with E-state index < -0.39 is 0 Å². The first-order chi connectivity index (χ1) is 13.2. The molecule has 7 nitrogen and oxygen atoms in total. The molecule has 4 heterocycles. The Morgan fingerprint density at radius 2 is 2.11 bits per heavy atom. The third kappa shape index (κ3) is 3.75. The molecule has 0 bridgehead atoms. The Morgan fingerprint density at radius 1 is 1.19 bits per heavy atom. The van der Waals surface area contributed by atoms with E-state index in [1.165, 1.54) is 11.3 Å². The first-order valence-electron chi connectivity index (χ1n) is 8.34. The van der Waals surface area contributed by atoms with Gasteiger partial charge in [-0.05, 0) is 36.1 Å². The Labute approximate surface area is 159 Å². The van der Waals surface area contributed by atoms with E-state index in [0.29, 0.717) is 17.5 Å². The number of nitrogens with zero attached hydrogens (tertiary/aromatic N) is 5. The lowest BCUT2D eigenvalue weighted by Crippen LogP contribution is -2.20. The van der Waals surface area contributed by atoms with Crippen LogP contribution in [-0.4, -0.2) is 30.6 Å². The fourth-order valence-corrected chi connectivity index (χ4v) is 3.21. The lowest BCUT2D eigenvalue weighted by atomic mass is 10.0. The number of thiophene rings is 1. The number of carbonyl (C=O) groups excluding carboxylic acids is 1. The van der Waals surface area contributed by atoms with E-state index in [9.17, 15) is 4.79 Å². The fourth-order valence-electron chi connectivity index (χ4n) is 2.55. The Bertz CT molecular complexity index is 979. The van der Waals surface area contributed by atoms with Gasteiger partial charge in [0.25, 0.3) is 0 Å². The molecule has 4 aromatic heterocycles. The smallest absolute Gasteiger partial charge is 0.232 e. The van der Waals surface area contributed by atoms with Gasteiger partial charge in [0.05, 0.1) is 10.8 Å². The summed E-state index contributed by atoms with van der Waals surface area (Å²) in [5, 5.41) is 9.07. The molecule has 0 fully saturated rings. The number of anilines is 1. The zero-order chi connectivity index (χ0) is 18.6. The monoisotopic (exact) mass is 376 g/mol. The molecule has 0 aliphatic heterocycles. The summed E-state index contributed by atoms with van der Waals surface area (Å²) in [6.45, 7) is 1.84. The maximum absolute atomic E-state index is 12.7. The van der Waals surface area contributed by atoms with E-state index in [2.05, 4.69) is 25.4 Å². The van der Waals surface area contributed by atoms with Crippen molar-refractivity contribution in [2.45, 2.75) is 12.8 Å². The second-order valence-electron chi connectivity index (χ2n) is 5.86. The predicted octanol–water partition coefficient (Wildman–Crippen LogP) is 3.53. The topological polar surface area (TPSA) is 85.6 Å². The van der Waals surface area contributed by atoms with Crippen LogP contribution in [0.5, 0.6) is 0 Å². The number of amides is 1. The van der Waals surface area contributed by atoms with Crippen molar-refractivity contribution in [1.29, 1.82) is 0 Å². The molecule has 0 aliphatic rings. The van der Waals surface area contributed by atoms with Crippen molar-refractivity contribution in [3.05, 3.63) is 72.1 Å². The van der Waals surface area contributed by atoms with E-state index in [4.69, 9.17) is 0 Å². The van der Waals surface area contributed by atoms with E-state index in [1.807, 2.05) is 42.6 Å². The number of carbonyl (C=O) groups is 1. The van der Waals surface area contributed by atoms with Crippen molar-refractivity contribution >= 4 is 23.1 Å². The molecule has 0 aromatic carbocycles. The average molecular weight is 376 g/mol. The second kappa shape index (κ2) is 7.46. The maximum atomic E-state index is 12.7. The molecule has 1 N–H and O–H groups in total. The van der Waals surface area contributed by atoms with E-state index in [-0.39, 0.29) is 11.8 Å². The van der Waals surface area contributed by atoms with Crippen LogP contribution >= 0.6 is 11.3 Å². The van der Waals surface area contributed by atoms with Crippen LogP contribution in [-0.2, 0) is 4.79 Å². The number of pyridine rings is 1. The van der Waals surface area contributed by atoms with Gasteiger partial charge < -0.3 is 5.32 Å². The Balaban J connectivity index is 1.66. The summed E-state index contributed by atoms with van der Waals surface area (Å²) in [5.41, 5.74) is 0.842. The van der Waals surface area contributed by atoms with Crippen LogP contribution in [0.2, 0.25) is 0 Å². The third-order valence-electron chi connectivity index (χ3n) is 4.02. The maximum Gasteiger partial charge on any atom is 0.232 e. The largest absolute Gasteiger partial charge is 0.310 e. The zero-order valence-electron chi connectivity index (χ0n) is 14.5. The van der Waals surface area contributed by atoms with Gasteiger partial charge in [-0.1, -0.05) is 12.1 Å². The summed E-state index contributed by atoms with van der Waals surface area (Å²) in [6, 6.07) is 11.1. The van der Waals surface area contributed by atoms with Crippen molar-refractivity contribution in [3.8, 4) is 16.5 Å². The molecule has 134 valence electrons. The van der Waals surface area contributed by atoms with Crippen LogP contribution in [0.1, 0.15) is 18.4 Å². The minimum Gasteiger partial charge on any atom is -0.310 e. The molecule has 8 heteroatoms. The molecule has 0 saturated heterocycles. The zero-order valence-corrected chi connectivity index (χ0v) is 15.3. The van der Waals surface area contributed by atoms with Gasteiger partial charge in [0, 0.05) is 30.9 Å². The summed E-state index contributed by atoms with van der Waals surface area (Å²) in [4.78, 5) is 26.8. The summed E-state index contributed by atoms with van der Waals surface area (Å²) >= 11 is 1.54. The molecule has 1 amide bonds. The van der Waals surface area contributed by atoms with Gasteiger partial charge in [-0.15, -0.1) is 11.3 Å². The normalized spacial score (nSPS) is 11.9. The number of hydrogen-bond acceptors (Lipinski definition) is 6. The summed E-state index contributed by atoms with van der Waals surface area (Å²) in [5.74, 6) is 1.04. The molecular weight excluding hydrogens is 360 g/mol. The highest BCUT2D eigenvalue weighted by Crippen LogP contribution is 2.24. The minimum absolute atomic E-state index is 0.162. The summed E-state index contributed by atoms with van der Waals surface area (Å²) < 4.78 is 1.64. The molecule has 0 spiro atoms. The summed E-state index contributed by atoms with van der Waals surface area (Å²) in [7, 11) is 0. The van der Waals surface area contributed by atoms with Crippen LogP contribution in [0.3, 0.4) is 0 Å². The molecular formula is C19H16N6OS. The van der Waals surface area contributed by atoms with E-state index >= 15 is 0 Å². The van der Waals surface area contributed by atoms with Gasteiger partial charge >= 0.3 is 0 Å². The first kappa shape index (κ1) is 17.0. The van der Waals surface area contributed by atoms with Crippen molar-refractivity contribution in [3.63, 3.8) is 0 Å². The SMILES string of the molecule is CC(C(=O)Nc1cc(-n2cccn2)nc(-c2cccs2)n1)c1cccnc1. The van der Waals surface area contributed by atoms with Crippen LogP contribution in [0.4, 0.5) is 5.82 Å². The van der Waals surface area contributed by atoms with Gasteiger partial charge in [-0.2, -0.15) is 5.10 Å². The van der Waals surface area contributed by atoms with Crippen molar-refractivity contribution in [1.82, 2.24) is 24.7 Å². The van der Waals surface area contributed by atoms with Gasteiger partial charge in [0.15, 0.2) is 11.6 Å².